The molecule has 2 rings (SSSR count). The van der Waals surface area contributed by atoms with Crippen molar-refractivity contribution in [2.75, 3.05) is 6.54 Å². The van der Waals surface area contributed by atoms with Gasteiger partial charge in [-0.3, -0.25) is 4.79 Å². The van der Waals surface area contributed by atoms with Crippen molar-refractivity contribution in [2.24, 2.45) is 0 Å². The van der Waals surface area contributed by atoms with Crippen LogP contribution in [0.5, 0.6) is 0 Å². The number of nitrogens with one attached hydrogen (secondary N) is 1. The Bertz CT molecular complexity index is 563. The number of rotatable bonds is 3. The summed E-state index contributed by atoms with van der Waals surface area (Å²) in [6, 6.07) is 3.23. The average Bonchev–Trinajstić information content (AvgIpc) is 2.70. The van der Waals surface area contributed by atoms with Crippen LogP contribution in [0.15, 0.2) is 29.0 Å². The summed E-state index contributed by atoms with van der Waals surface area (Å²) in [5, 5.41) is 2.66. The van der Waals surface area contributed by atoms with Gasteiger partial charge in [0, 0.05) is 12.7 Å². The highest BCUT2D eigenvalue weighted by Crippen LogP contribution is 2.20. The number of hydrogen-bond donors (Lipinski definition) is 1. The lowest BCUT2D eigenvalue weighted by molar-refractivity contribution is -0.132. The van der Waals surface area contributed by atoms with Crippen molar-refractivity contribution in [3.05, 3.63) is 30.2 Å². The second-order valence-electron chi connectivity index (χ2n) is 3.63. The lowest BCUT2D eigenvalue weighted by Crippen LogP contribution is -2.27. The van der Waals surface area contributed by atoms with Crippen molar-refractivity contribution in [1.82, 2.24) is 10.3 Å². The van der Waals surface area contributed by atoms with Gasteiger partial charge in [0.15, 0.2) is 0 Å². The van der Waals surface area contributed by atoms with E-state index < -0.39 is 25.0 Å². The van der Waals surface area contributed by atoms with Gasteiger partial charge in [-0.15, -0.1) is 0 Å². The monoisotopic (exact) mass is 258 g/mol. The summed E-state index contributed by atoms with van der Waals surface area (Å²) < 4.78 is 40.8. The maximum Gasteiger partial charge on any atom is 0.390 e. The fraction of sp³-hybridized carbons (Fsp3) is 0.273. The number of hydrogen-bond acceptors (Lipinski definition) is 3. The molecular weight excluding hydrogens is 249 g/mol. The Balaban J connectivity index is 2.05. The van der Waals surface area contributed by atoms with Gasteiger partial charge in [0.05, 0.1) is 17.4 Å². The minimum absolute atomic E-state index is 0.181. The highest BCUT2D eigenvalue weighted by atomic mass is 19.4. The first-order valence-electron chi connectivity index (χ1n) is 5.14. The Morgan fingerprint density at radius 1 is 1.44 bits per heavy atom. The van der Waals surface area contributed by atoms with Crippen molar-refractivity contribution >= 4 is 17.0 Å². The molecule has 2 aromatic rings. The first-order chi connectivity index (χ1) is 8.47. The maximum atomic E-state index is 11.9. The van der Waals surface area contributed by atoms with E-state index in [1.807, 2.05) is 0 Å². The van der Waals surface area contributed by atoms with E-state index in [0.717, 1.165) is 0 Å². The quantitative estimate of drug-likeness (QED) is 0.920. The van der Waals surface area contributed by atoms with E-state index in [1.54, 1.807) is 12.1 Å². The summed E-state index contributed by atoms with van der Waals surface area (Å²) in [7, 11) is 0. The topological polar surface area (TPSA) is 55.1 Å². The van der Waals surface area contributed by atoms with Gasteiger partial charge in [-0.2, -0.15) is 13.2 Å². The van der Waals surface area contributed by atoms with Gasteiger partial charge in [0.1, 0.15) is 6.26 Å². The Kier molecular flexibility index (Phi) is 3.22. The lowest BCUT2D eigenvalue weighted by Gasteiger charge is -2.06. The molecular formula is C11H9F3N2O2. The van der Waals surface area contributed by atoms with E-state index in [1.165, 1.54) is 12.5 Å². The summed E-state index contributed by atoms with van der Waals surface area (Å²) in [5.41, 5.74) is 0.457. The van der Waals surface area contributed by atoms with Crippen LogP contribution in [0.2, 0.25) is 0 Å². The number of fused-ring (bicyclic) bond motifs is 1. The number of amides is 1. The van der Waals surface area contributed by atoms with Crippen LogP contribution in [-0.4, -0.2) is 23.6 Å². The number of pyridine rings is 1. The van der Waals surface area contributed by atoms with Gasteiger partial charge in [0.25, 0.3) is 5.91 Å². The number of nitrogens with zero attached hydrogens (tertiary/aromatic N) is 1. The van der Waals surface area contributed by atoms with E-state index >= 15 is 0 Å². The molecule has 1 N–H and O–H groups in total. The Hall–Kier alpha value is -2.05. The van der Waals surface area contributed by atoms with Crippen LogP contribution >= 0.6 is 0 Å². The van der Waals surface area contributed by atoms with Gasteiger partial charge < -0.3 is 9.73 Å². The molecule has 7 heteroatoms. The molecule has 2 aromatic heterocycles. The minimum atomic E-state index is -4.28. The average molecular weight is 258 g/mol. The van der Waals surface area contributed by atoms with Crippen LogP contribution < -0.4 is 5.32 Å². The van der Waals surface area contributed by atoms with Gasteiger partial charge >= 0.3 is 6.18 Å². The number of carbonyl (C=O) groups excluding carboxylic acids is 1. The zero-order valence-corrected chi connectivity index (χ0v) is 9.12. The van der Waals surface area contributed by atoms with Gasteiger partial charge in [0.2, 0.25) is 5.71 Å². The number of halogens is 3. The zero-order valence-electron chi connectivity index (χ0n) is 9.12. The Labute approximate surface area is 99.8 Å². The minimum Gasteiger partial charge on any atom is -0.445 e. The van der Waals surface area contributed by atoms with Gasteiger partial charge in [-0.25, -0.2) is 4.98 Å². The molecule has 0 bridgehead atoms. The molecule has 0 saturated heterocycles. The predicted molar refractivity (Wildman–Crippen MR) is 57.0 cm³/mol. The first-order valence-corrected chi connectivity index (χ1v) is 5.14. The highest BCUT2D eigenvalue weighted by Gasteiger charge is 2.26. The molecule has 96 valence electrons. The van der Waals surface area contributed by atoms with E-state index in [2.05, 4.69) is 10.3 Å². The summed E-state index contributed by atoms with van der Waals surface area (Å²) in [6.45, 7) is -0.463. The van der Waals surface area contributed by atoms with E-state index in [9.17, 15) is 18.0 Å². The van der Waals surface area contributed by atoms with Crippen molar-refractivity contribution in [2.45, 2.75) is 12.6 Å². The van der Waals surface area contributed by atoms with Crippen LogP contribution in [-0.2, 0) is 0 Å². The summed E-state index contributed by atoms with van der Waals surface area (Å²) >= 11 is 0. The fourth-order valence-corrected chi connectivity index (χ4v) is 1.46. The SMILES string of the molecule is O=C(NCCC(F)(F)F)c1coc2ncccc12. The number of furan rings is 1. The fourth-order valence-electron chi connectivity index (χ4n) is 1.46. The molecule has 0 aliphatic heterocycles. The molecule has 1 amide bonds. The molecule has 0 atom stereocenters. The molecule has 0 aliphatic rings. The standard InChI is InChI=1S/C11H9F3N2O2/c12-11(13,14)3-5-15-9(17)8-6-18-10-7(8)2-1-4-16-10/h1-2,4,6H,3,5H2,(H,15,17). The molecule has 0 spiro atoms. The van der Waals surface area contributed by atoms with Crippen LogP contribution in [0.25, 0.3) is 11.1 Å². The first kappa shape index (κ1) is 12.4. The van der Waals surface area contributed by atoms with Crippen molar-refractivity contribution < 1.29 is 22.4 Å². The zero-order chi connectivity index (χ0) is 13.2. The number of aromatic nitrogens is 1. The van der Waals surface area contributed by atoms with Crippen LogP contribution in [0.3, 0.4) is 0 Å². The van der Waals surface area contributed by atoms with E-state index in [-0.39, 0.29) is 11.3 Å². The Morgan fingerprint density at radius 3 is 2.94 bits per heavy atom. The summed E-state index contributed by atoms with van der Waals surface area (Å²) in [4.78, 5) is 15.5. The third-order valence-corrected chi connectivity index (χ3v) is 2.29. The second kappa shape index (κ2) is 4.67. The number of alkyl halides is 3. The third kappa shape index (κ3) is 2.79. The van der Waals surface area contributed by atoms with Gasteiger partial charge in [-0.1, -0.05) is 0 Å². The second-order valence-corrected chi connectivity index (χ2v) is 3.63. The molecule has 0 aromatic carbocycles. The van der Waals surface area contributed by atoms with Crippen LogP contribution in [0, 0.1) is 0 Å². The molecule has 4 nitrogen and oxygen atoms in total. The van der Waals surface area contributed by atoms with Crippen LogP contribution in [0.1, 0.15) is 16.8 Å². The predicted octanol–water partition coefficient (Wildman–Crippen LogP) is 2.51. The van der Waals surface area contributed by atoms with Crippen LogP contribution in [0.4, 0.5) is 13.2 Å². The normalized spacial score (nSPS) is 11.7. The molecule has 0 radical (unpaired) electrons. The van der Waals surface area contributed by atoms with Crippen molar-refractivity contribution in [1.29, 1.82) is 0 Å². The maximum absolute atomic E-state index is 11.9. The summed E-state index contributed by atoms with van der Waals surface area (Å²) in [5.74, 6) is -0.606. The molecule has 0 fully saturated rings. The van der Waals surface area contributed by atoms with E-state index in [4.69, 9.17) is 4.42 Å². The molecule has 0 aliphatic carbocycles. The Morgan fingerprint density at radius 2 is 2.22 bits per heavy atom. The molecule has 2 heterocycles. The smallest absolute Gasteiger partial charge is 0.390 e. The molecule has 0 saturated carbocycles. The lowest BCUT2D eigenvalue weighted by atomic mass is 10.2. The molecule has 0 unspecified atom stereocenters. The van der Waals surface area contributed by atoms with Gasteiger partial charge in [-0.05, 0) is 12.1 Å². The number of carbonyl (C=O) groups is 1. The highest BCUT2D eigenvalue weighted by molar-refractivity contribution is 6.05. The third-order valence-electron chi connectivity index (χ3n) is 2.29. The largest absolute Gasteiger partial charge is 0.445 e. The summed E-state index contributed by atoms with van der Waals surface area (Å²) in [6.07, 6.45) is -2.67. The van der Waals surface area contributed by atoms with Crippen molar-refractivity contribution in [3.8, 4) is 0 Å². The van der Waals surface area contributed by atoms with E-state index in [0.29, 0.717) is 5.39 Å². The van der Waals surface area contributed by atoms with Crippen molar-refractivity contribution in [3.63, 3.8) is 0 Å². The molecule has 18 heavy (non-hydrogen) atoms.